The van der Waals surface area contributed by atoms with E-state index >= 15 is 0 Å². The monoisotopic (exact) mass is 225 g/mol. The van der Waals surface area contributed by atoms with Gasteiger partial charge in [0, 0.05) is 19.0 Å². The molecule has 2 rings (SSSR count). The van der Waals surface area contributed by atoms with Crippen molar-refractivity contribution in [3.8, 4) is 0 Å². The number of rotatable bonds is 6. The van der Waals surface area contributed by atoms with E-state index in [0.29, 0.717) is 30.2 Å². The Labute approximate surface area is 97.8 Å². The van der Waals surface area contributed by atoms with Crippen LogP contribution in [-0.2, 0) is 4.79 Å². The fourth-order valence-electron chi connectivity index (χ4n) is 3.20. The summed E-state index contributed by atoms with van der Waals surface area (Å²) in [5, 5.41) is 9.00. The van der Waals surface area contributed by atoms with Gasteiger partial charge in [0.1, 0.15) is 0 Å². The highest BCUT2D eigenvalue weighted by molar-refractivity contribution is 5.82. The first-order chi connectivity index (χ1) is 7.79. The third-order valence-electron chi connectivity index (χ3n) is 4.15. The molecule has 0 spiro atoms. The van der Waals surface area contributed by atoms with Crippen LogP contribution in [0.15, 0.2) is 0 Å². The predicted octanol–water partition coefficient (Wildman–Crippen LogP) is 1.65. The fraction of sp³-hybridized carbons (Fsp3) is 0.923. The lowest BCUT2D eigenvalue weighted by Gasteiger charge is -2.22. The molecule has 0 aliphatic heterocycles. The van der Waals surface area contributed by atoms with E-state index in [9.17, 15) is 4.79 Å². The normalized spacial score (nSPS) is 31.2. The first-order valence-electron chi connectivity index (χ1n) is 6.69. The number of amides is 1. The molecule has 2 saturated carbocycles. The van der Waals surface area contributed by atoms with Gasteiger partial charge in [-0.3, -0.25) is 4.79 Å². The van der Waals surface area contributed by atoms with Gasteiger partial charge in [0.25, 0.3) is 0 Å². The molecule has 1 amide bonds. The predicted molar refractivity (Wildman–Crippen MR) is 62.9 cm³/mol. The zero-order valence-corrected chi connectivity index (χ0v) is 10.2. The van der Waals surface area contributed by atoms with Crippen LogP contribution in [0.3, 0.4) is 0 Å². The van der Waals surface area contributed by atoms with Crippen molar-refractivity contribution < 1.29 is 9.90 Å². The number of unbranched alkanes of at least 4 members (excludes halogenated alkanes) is 1. The maximum atomic E-state index is 12.2. The summed E-state index contributed by atoms with van der Waals surface area (Å²) in [4.78, 5) is 14.1. The average molecular weight is 225 g/mol. The maximum absolute atomic E-state index is 12.2. The van der Waals surface area contributed by atoms with Gasteiger partial charge < -0.3 is 10.0 Å². The molecule has 2 unspecified atom stereocenters. The molecule has 1 N–H and O–H groups in total. The SMILES string of the molecule is CCCCN(CCO)C(=O)C1C2CCCC21. The van der Waals surface area contributed by atoms with Crippen molar-refractivity contribution in [1.29, 1.82) is 0 Å². The van der Waals surface area contributed by atoms with E-state index in [2.05, 4.69) is 6.92 Å². The molecule has 16 heavy (non-hydrogen) atoms. The molecule has 0 aromatic heterocycles. The summed E-state index contributed by atoms with van der Waals surface area (Å²) in [5.74, 6) is 2.01. The fourth-order valence-corrected chi connectivity index (χ4v) is 3.20. The lowest BCUT2D eigenvalue weighted by Crippen LogP contribution is -2.36. The number of fused-ring (bicyclic) bond motifs is 1. The number of aliphatic hydroxyl groups is 1. The molecule has 3 nitrogen and oxygen atoms in total. The van der Waals surface area contributed by atoms with Crippen molar-refractivity contribution in [2.45, 2.75) is 39.0 Å². The van der Waals surface area contributed by atoms with Gasteiger partial charge in [-0.05, 0) is 31.1 Å². The second-order valence-corrected chi connectivity index (χ2v) is 5.19. The van der Waals surface area contributed by atoms with E-state index in [4.69, 9.17) is 5.11 Å². The Kier molecular flexibility index (Phi) is 3.85. The molecule has 0 bridgehead atoms. The van der Waals surface area contributed by atoms with Crippen LogP contribution in [0.25, 0.3) is 0 Å². The highest BCUT2D eigenvalue weighted by Crippen LogP contribution is 2.58. The summed E-state index contributed by atoms with van der Waals surface area (Å²) in [6.07, 6.45) is 5.97. The summed E-state index contributed by atoms with van der Waals surface area (Å²) in [5.41, 5.74) is 0. The minimum Gasteiger partial charge on any atom is -0.395 e. The van der Waals surface area contributed by atoms with Crippen LogP contribution in [0.1, 0.15) is 39.0 Å². The van der Waals surface area contributed by atoms with E-state index in [1.165, 1.54) is 19.3 Å². The number of aliphatic hydroxyl groups excluding tert-OH is 1. The minimum atomic E-state index is 0.0947. The molecule has 92 valence electrons. The largest absolute Gasteiger partial charge is 0.395 e. The van der Waals surface area contributed by atoms with E-state index in [-0.39, 0.29) is 6.61 Å². The Hall–Kier alpha value is -0.570. The lowest BCUT2D eigenvalue weighted by molar-refractivity contribution is -0.134. The number of carbonyl (C=O) groups is 1. The van der Waals surface area contributed by atoms with Crippen LogP contribution in [0.5, 0.6) is 0 Å². The summed E-state index contributed by atoms with van der Waals surface area (Å²) in [6.45, 7) is 3.57. The average Bonchev–Trinajstić information content (AvgIpc) is 2.77. The zero-order valence-electron chi connectivity index (χ0n) is 10.2. The van der Waals surface area contributed by atoms with Gasteiger partial charge in [0.2, 0.25) is 5.91 Å². The second kappa shape index (κ2) is 5.17. The van der Waals surface area contributed by atoms with Crippen LogP contribution in [-0.4, -0.2) is 35.6 Å². The van der Waals surface area contributed by atoms with Gasteiger partial charge in [-0.25, -0.2) is 0 Å². The van der Waals surface area contributed by atoms with Gasteiger partial charge >= 0.3 is 0 Å². The van der Waals surface area contributed by atoms with Crippen molar-refractivity contribution in [2.75, 3.05) is 19.7 Å². The Morgan fingerprint density at radius 3 is 2.56 bits per heavy atom. The quantitative estimate of drug-likeness (QED) is 0.746. The summed E-state index contributed by atoms with van der Waals surface area (Å²) in [6, 6.07) is 0. The number of hydrogen-bond acceptors (Lipinski definition) is 2. The van der Waals surface area contributed by atoms with E-state index in [0.717, 1.165) is 19.4 Å². The first-order valence-corrected chi connectivity index (χ1v) is 6.69. The van der Waals surface area contributed by atoms with Gasteiger partial charge in [-0.2, -0.15) is 0 Å². The van der Waals surface area contributed by atoms with Gasteiger partial charge in [0.05, 0.1) is 6.61 Å². The highest BCUT2D eigenvalue weighted by atomic mass is 16.3. The molecular weight excluding hydrogens is 202 g/mol. The smallest absolute Gasteiger partial charge is 0.226 e. The van der Waals surface area contributed by atoms with Crippen LogP contribution >= 0.6 is 0 Å². The Bertz CT molecular complexity index is 244. The molecular formula is C13H23NO2. The van der Waals surface area contributed by atoms with Gasteiger partial charge in [-0.1, -0.05) is 19.8 Å². The Morgan fingerprint density at radius 2 is 2.00 bits per heavy atom. The topological polar surface area (TPSA) is 40.5 Å². The molecule has 2 atom stereocenters. The number of hydrogen-bond donors (Lipinski definition) is 1. The molecule has 0 aromatic rings. The Balaban J connectivity index is 1.85. The van der Waals surface area contributed by atoms with Crippen molar-refractivity contribution in [2.24, 2.45) is 17.8 Å². The molecule has 3 heteroatoms. The second-order valence-electron chi connectivity index (χ2n) is 5.19. The van der Waals surface area contributed by atoms with Crippen LogP contribution in [0.2, 0.25) is 0 Å². The number of carbonyl (C=O) groups excluding carboxylic acids is 1. The molecule has 0 aromatic carbocycles. The van der Waals surface area contributed by atoms with E-state index in [1.807, 2.05) is 4.90 Å². The van der Waals surface area contributed by atoms with Crippen LogP contribution in [0.4, 0.5) is 0 Å². The lowest BCUT2D eigenvalue weighted by atomic mass is 10.1. The van der Waals surface area contributed by atoms with Crippen molar-refractivity contribution >= 4 is 5.91 Å². The molecule has 2 aliphatic carbocycles. The van der Waals surface area contributed by atoms with Gasteiger partial charge in [0.15, 0.2) is 0 Å². The molecule has 2 aliphatic rings. The first kappa shape index (κ1) is 11.9. The third-order valence-corrected chi connectivity index (χ3v) is 4.15. The Morgan fingerprint density at radius 1 is 1.31 bits per heavy atom. The van der Waals surface area contributed by atoms with Crippen molar-refractivity contribution in [1.82, 2.24) is 4.90 Å². The van der Waals surface area contributed by atoms with Crippen LogP contribution < -0.4 is 0 Å². The highest BCUT2D eigenvalue weighted by Gasteiger charge is 2.57. The van der Waals surface area contributed by atoms with Crippen molar-refractivity contribution in [3.05, 3.63) is 0 Å². The summed E-state index contributed by atoms with van der Waals surface area (Å²) >= 11 is 0. The summed E-state index contributed by atoms with van der Waals surface area (Å²) in [7, 11) is 0. The maximum Gasteiger partial charge on any atom is 0.226 e. The van der Waals surface area contributed by atoms with E-state index in [1.54, 1.807) is 0 Å². The summed E-state index contributed by atoms with van der Waals surface area (Å²) < 4.78 is 0. The van der Waals surface area contributed by atoms with E-state index < -0.39 is 0 Å². The minimum absolute atomic E-state index is 0.0947. The molecule has 0 radical (unpaired) electrons. The molecule has 0 saturated heterocycles. The van der Waals surface area contributed by atoms with Crippen LogP contribution in [0, 0.1) is 17.8 Å². The standard InChI is InChI=1S/C13H23NO2/c1-2-3-7-14(8-9-15)13(16)12-10-5-4-6-11(10)12/h10-12,15H,2-9H2,1H3. The van der Waals surface area contributed by atoms with Crippen molar-refractivity contribution in [3.63, 3.8) is 0 Å². The third kappa shape index (κ3) is 2.24. The zero-order chi connectivity index (χ0) is 11.5. The molecule has 0 heterocycles. The van der Waals surface area contributed by atoms with Gasteiger partial charge in [-0.15, -0.1) is 0 Å². The number of nitrogens with zero attached hydrogens (tertiary/aromatic N) is 1. The molecule has 2 fully saturated rings.